The maximum Gasteiger partial charge on any atom is 0.169 e. The molecular formula is C20H31N5O. The van der Waals surface area contributed by atoms with E-state index in [9.17, 15) is 5.26 Å². The molecule has 6 heteroatoms. The molecule has 3 heterocycles. The third kappa shape index (κ3) is 4.33. The summed E-state index contributed by atoms with van der Waals surface area (Å²) < 4.78 is 5.82. The molecule has 2 aliphatic rings. The number of hydrogen-bond acceptors (Lipinski definition) is 6. The molecule has 2 fully saturated rings. The average molecular weight is 358 g/mol. The van der Waals surface area contributed by atoms with E-state index >= 15 is 0 Å². The highest BCUT2D eigenvalue weighted by atomic mass is 16.5. The minimum absolute atomic E-state index is 0.341. The Bertz CT molecular complexity index is 653. The number of nitrogens with zero attached hydrogens (tertiary/aromatic N) is 5. The van der Waals surface area contributed by atoms with Crippen LogP contribution < -0.4 is 4.90 Å². The van der Waals surface area contributed by atoms with Crippen molar-refractivity contribution in [1.29, 1.82) is 5.26 Å². The van der Waals surface area contributed by atoms with Gasteiger partial charge in [0.15, 0.2) is 5.82 Å². The zero-order chi connectivity index (χ0) is 18.7. The summed E-state index contributed by atoms with van der Waals surface area (Å²) >= 11 is 0. The lowest BCUT2D eigenvalue weighted by Gasteiger charge is -2.37. The second-order valence-electron chi connectivity index (χ2n) is 7.96. The van der Waals surface area contributed by atoms with Gasteiger partial charge in [-0.2, -0.15) is 10.4 Å². The second kappa shape index (κ2) is 8.32. The van der Waals surface area contributed by atoms with Crippen LogP contribution in [0, 0.1) is 31.1 Å². The van der Waals surface area contributed by atoms with Gasteiger partial charge < -0.3 is 9.64 Å². The number of hydrogen-bond donors (Lipinski definition) is 0. The Morgan fingerprint density at radius 1 is 1.12 bits per heavy atom. The molecule has 1 aromatic rings. The molecule has 0 radical (unpaired) electrons. The largest absolute Gasteiger partial charge is 0.373 e. The van der Waals surface area contributed by atoms with Gasteiger partial charge in [-0.3, -0.25) is 4.90 Å². The first-order valence-corrected chi connectivity index (χ1v) is 9.84. The minimum Gasteiger partial charge on any atom is -0.373 e. The van der Waals surface area contributed by atoms with Crippen LogP contribution in [-0.2, 0) is 4.74 Å². The number of anilines is 1. The van der Waals surface area contributed by atoms with Crippen molar-refractivity contribution in [2.45, 2.75) is 59.2 Å². The first kappa shape index (κ1) is 19.1. The van der Waals surface area contributed by atoms with Crippen LogP contribution in [-0.4, -0.2) is 60.0 Å². The maximum absolute atomic E-state index is 9.52. The predicted octanol–water partition coefficient (Wildman–Crippen LogP) is 2.68. The summed E-state index contributed by atoms with van der Waals surface area (Å²) in [4.78, 5) is 4.79. The zero-order valence-electron chi connectivity index (χ0n) is 16.5. The molecule has 2 atom stereocenters. The molecule has 26 heavy (non-hydrogen) atoms. The summed E-state index contributed by atoms with van der Waals surface area (Å²) in [5.74, 6) is 1.52. The van der Waals surface area contributed by atoms with Crippen molar-refractivity contribution in [1.82, 2.24) is 15.1 Å². The number of rotatable bonds is 4. The summed E-state index contributed by atoms with van der Waals surface area (Å²) in [6.07, 6.45) is 4.25. The summed E-state index contributed by atoms with van der Waals surface area (Å²) in [5, 5.41) is 18.1. The molecule has 2 unspecified atom stereocenters. The number of ether oxygens (including phenoxy) is 1. The molecule has 0 N–H and O–H groups in total. The van der Waals surface area contributed by atoms with Crippen molar-refractivity contribution in [2.24, 2.45) is 5.92 Å². The van der Waals surface area contributed by atoms with E-state index < -0.39 is 0 Å². The molecule has 0 bridgehead atoms. The van der Waals surface area contributed by atoms with Crippen LogP contribution in [0.1, 0.15) is 49.9 Å². The number of aromatic nitrogens is 2. The molecule has 0 aromatic carbocycles. The SMILES string of the molecule is Cc1nnc(N2CCC(CCN3CC(C)OC(C)C3)CC2)c(C#N)c1C. The highest BCUT2D eigenvalue weighted by molar-refractivity contribution is 5.57. The van der Waals surface area contributed by atoms with Crippen LogP contribution in [0.25, 0.3) is 0 Å². The normalized spacial score (nSPS) is 25.3. The van der Waals surface area contributed by atoms with Crippen molar-refractivity contribution >= 4 is 5.82 Å². The number of nitriles is 1. The first-order chi connectivity index (χ1) is 12.5. The number of piperidine rings is 1. The van der Waals surface area contributed by atoms with E-state index in [-0.39, 0.29) is 0 Å². The average Bonchev–Trinajstić information content (AvgIpc) is 2.62. The van der Waals surface area contributed by atoms with Gasteiger partial charge in [-0.1, -0.05) is 0 Å². The molecule has 0 aliphatic carbocycles. The van der Waals surface area contributed by atoms with Crippen LogP contribution in [0.4, 0.5) is 5.82 Å². The highest BCUT2D eigenvalue weighted by Gasteiger charge is 2.26. The Hall–Kier alpha value is -1.71. The number of aryl methyl sites for hydroxylation is 1. The third-order valence-corrected chi connectivity index (χ3v) is 5.81. The van der Waals surface area contributed by atoms with Crippen molar-refractivity contribution < 1.29 is 4.74 Å². The Morgan fingerprint density at radius 2 is 1.77 bits per heavy atom. The Balaban J connectivity index is 1.52. The van der Waals surface area contributed by atoms with Crippen LogP contribution >= 0.6 is 0 Å². The summed E-state index contributed by atoms with van der Waals surface area (Å²) in [5.41, 5.74) is 2.48. The van der Waals surface area contributed by atoms with Crippen LogP contribution in [0.3, 0.4) is 0 Å². The van der Waals surface area contributed by atoms with E-state index in [1.54, 1.807) is 0 Å². The van der Waals surface area contributed by atoms with E-state index in [0.29, 0.717) is 17.8 Å². The molecule has 142 valence electrons. The topological polar surface area (TPSA) is 65.3 Å². The smallest absolute Gasteiger partial charge is 0.169 e. The summed E-state index contributed by atoms with van der Waals surface area (Å²) in [7, 11) is 0. The molecule has 2 aliphatic heterocycles. The lowest BCUT2D eigenvalue weighted by atomic mass is 9.93. The Kier molecular flexibility index (Phi) is 6.10. The van der Waals surface area contributed by atoms with Crippen molar-refractivity contribution in [3.05, 3.63) is 16.8 Å². The van der Waals surface area contributed by atoms with Gasteiger partial charge in [0.05, 0.1) is 17.9 Å². The van der Waals surface area contributed by atoms with Crippen molar-refractivity contribution in [2.75, 3.05) is 37.6 Å². The van der Waals surface area contributed by atoms with Crippen molar-refractivity contribution in [3.63, 3.8) is 0 Å². The Labute approximate surface area is 157 Å². The van der Waals surface area contributed by atoms with Crippen molar-refractivity contribution in [3.8, 4) is 6.07 Å². The minimum atomic E-state index is 0.341. The van der Waals surface area contributed by atoms with E-state index in [0.717, 1.165) is 68.6 Å². The van der Waals surface area contributed by atoms with E-state index in [1.807, 2.05) is 13.8 Å². The lowest BCUT2D eigenvalue weighted by Crippen LogP contribution is -2.46. The molecule has 0 saturated carbocycles. The first-order valence-electron chi connectivity index (χ1n) is 9.84. The fraction of sp³-hybridized carbons (Fsp3) is 0.750. The van der Waals surface area contributed by atoms with Crippen LogP contribution in [0.2, 0.25) is 0 Å². The quantitative estimate of drug-likeness (QED) is 0.825. The standard InChI is InChI=1S/C20H31N5O/c1-14-12-24(13-15(2)26-14)8-5-18-6-9-25(10-7-18)20-19(11-21)16(3)17(4)22-23-20/h14-15,18H,5-10,12-13H2,1-4H3. The van der Waals surface area contributed by atoms with Gasteiger partial charge >= 0.3 is 0 Å². The molecular weight excluding hydrogens is 326 g/mol. The van der Waals surface area contributed by atoms with Gasteiger partial charge in [0, 0.05) is 26.2 Å². The monoisotopic (exact) mass is 357 g/mol. The van der Waals surface area contributed by atoms with E-state index in [4.69, 9.17) is 4.74 Å². The zero-order valence-corrected chi connectivity index (χ0v) is 16.5. The summed E-state index contributed by atoms with van der Waals surface area (Å²) in [6, 6.07) is 2.33. The van der Waals surface area contributed by atoms with E-state index in [1.165, 1.54) is 6.42 Å². The van der Waals surface area contributed by atoms with Crippen LogP contribution in [0.5, 0.6) is 0 Å². The van der Waals surface area contributed by atoms with Gasteiger partial charge in [-0.05, 0) is 65.0 Å². The van der Waals surface area contributed by atoms with Gasteiger partial charge in [0.1, 0.15) is 11.6 Å². The molecule has 6 nitrogen and oxygen atoms in total. The fourth-order valence-corrected chi connectivity index (χ4v) is 4.22. The fourth-order valence-electron chi connectivity index (χ4n) is 4.22. The maximum atomic E-state index is 9.52. The van der Waals surface area contributed by atoms with E-state index in [2.05, 4.69) is 39.9 Å². The third-order valence-electron chi connectivity index (χ3n) is 5.81. The molecule has 0 spiro atoms. The lowest BCUT2D eigenvalue weighted by molar-refractivity contribution is -0.0690. The summed E-state index contributed by atoms with van der Waals surface area (Å²) in [6.45, 7) is 13.4. The predicted molar refractivity (Wildman–Crippen MR) is 102 cm³/mol. The highest BCUT2D eigenvalue weighted by Crippen LogP contribution is 2.28. The molecule has 3 rings (SSSR count). The van der Waals surface area contributed by atoms with Gasteiger partial charge in [-0.25, -0.2) is 0 Å². The molecule has 2 saturated heterocycles. The van der Waals surface area contributed by atoms with Gasteiger partial charge in [0.2, 0.25) is 0 Å². The molecule has 0 amide bonds. The molecule has 1 aromatic heterocycles. The van der Waals surface area contributed by atoms with Gasteiger partial charge in [-0.15, -0.1) is 5.10 Å². The Morgan fingerprint density at radius 3 is 2.38 bits per heavy atom. The van der Waals surface area contributed by atoms with Gasteiger partial charge in [0.25, 0.3) is 0 Å². The second-order valence-corrected chi connectivity index (χ2v) is 7.96. The van der Waals surface area contributed by atoms with Crippen LogP contribution in [0.15, 0.2) is 0 Å². The number of morpholine rings is 1.